The van der Waals surface area contributed by atoms with Crippen LogP contribution in [0.15, 0.2) is 36.4 Å². The van der Waals surface area contributed by atoms with Gasteiger partial charge >= 0.3 is 0 Å². The van der Waals surface area contributed by atoms with Gasteiger partial charge in [-0.15, -0.1) is 0 Å². The fourth-order valence-electron chi connectivity index (χ4n) is 3.90. The second kappa shape index (κ2) is 9.34. The number of amides is 1. The van der Waals surface area contributed by atoms with Crippen molar-refractivity contribution in [1.82, 2.24) is 5.32 Å². The van der Waals surface area contributed by atoms with Crippen LogP contribution in [0.2, 0.25) is 0 Å². The summed E-state index contributed by atoms with van der Waals surface area (Å²) in [6.07, 6.45) is 2.52. The molecule has 0 unspecified atom stereocenters. The largest absolute Gasteiger partial charge is 0.483 e. The maximum absolute atomic E-state index is 12.4. The maximum Gasteiger partial charge on any atom is 0.258 e. The van der Waals surface area contributed by atoms with E-state index in [0.717, 1.165) is 41.4 Å². The lowest BCUT2D eigenvalue weighted by Gasteiger charge is -2.32. The normalized spacial score (nSPS) is 15.8. The Morgan fingerprint density at radius 2 is 1.79 bits per heavy atom. The van der Waals surface area contributed by atoms with E-state index < -0.39 is 0 Å². The minimum absolute atomic E-state index is 0.0259. The number of hydrogen-bond acceptors (Lipinski definition) is 3. The second-order valence-electron chi connectivity index (χ2n) is 8.54. The van der Waals surface area contributed by atoms with E-state index in [1.165, 1.54) is 24.1 Å². The first-order valence-electron chi connectivity index (χ1n) is 10.7. The highest BCUT2D eigenvalue weighted by atomic mass is 16.5. The molecular weight excluding hydrogens is 360 g/mol. The van der Waals surface area contributed by atoms with E-state index >= 15 is 0 Å². The van der Waals surface area contributed by atoms with E-state index in [2.05, 4.69) is 54.4 Å². The number of aryl methyl sites for hydroxylation is 2. The van der Waals surface area contributed by atoms with Crippen LogP contribution >= 0.6 is 0 Å². The van der Waals surface area contributed by atoms with Gasteiger partial charge in [0.25, 0.3) is 5.91 Å². The monoisotopic (exact) mass is 394 g/mol. The van der Waals surface area contributed by atoms with Crippen molar-refractivity contribution in [1.29, 1.82) is 0 Å². The van der Waals surface area contributed by atoms with Gasteiger partial charge in [0, 0.05) is 18.8 Å². The summed E-state index contributed by atoms with van der Waals surface area (Å²) in [6.45, 7) is 12.7. The molecule has 4 heteroatoms. The minimum atomic E-state index is -0.106. The average molecular weight is 395 g/mol. The summed E-state index contributed by atoms with van der Waals surface area (Å²) in [5.74, 6) is 1.51. The van der Waals surface area contributed by atoms with Crippen LogP contribution in [-0.2, 0) is 4.79 Å². The third kappa shape index (κ3) is 5.53. The molecule has 0 aromatic heterocycles. The molecule has 1 amide bonds. The molecule has 1 atom stereocenters. The first kappa shape index (κ1) is 21.2. The Bertz CT molecular complexity index is 837. The molecule has 1 aliphatic rings. The molecule has 1 N–H and O–H groups in total. The van der Waals surface area contributed by atoms with Crippen molar-refractivity contribution in [3.63, 3.8) is 0 Å². The molecule has 3 rings (SSSR count). The molecule has 29 heavy (non-hydrogen) atoms. The van der Waals surface area contributed by atoms with Crippen LogP contribution in [0.1, 0.15) is 55.0 Å². The number of piperidine rings is 1. The van der Waals surface area contributed by atoms with Crippen LogP contribution in [0.25, 0.3) is 0 Å². The summed E-state index contributed by atoms with van der Waals surface area (Å²) in [5, 5.41) is 3.04. The van der Waals surface area contributed by atoms with E-state index in [1.54, 1.807) is 0 Å². The van der Waals surface area contributed by atoms with Crippen LogP contribution in [0.5, 0.6) is 5.75 Å². The van der Waals surface area contributed by atoms with Gasteiger partial charge in [0.2, 0.25) is 0 Å². The first-order valence-corrected chi connectivity index (χ1v) is 10.7. The third-order valence-electron chi connectivity index (χ3n) is 6.04. The van der Waals surface area contributed by atoms with Gasteiger partial charge in [0.1, 0.15) is 5.75 Å². The predicted molar refractivity (Wildman–Crippen MR) is 120 cm³/mol. The van der Waals surface area contributed by atoms with Crippen molar-refractivity contribution < 1.29 is 9.53 Å². The molecule has 0 aliphatic carbocycles. The number of rotatable bonds is 6. The summed E-state index contributed by atoms with van der Waals surface area (Å²) < 4.78 is 5.79. The zero-order chi connectivity index (χ0) is 21.0. The number of nitrogens with zero attached hydrogens (tertiary/aromatic N) is 1. The van der Waals surface area contributed by atoms with Gasteiger partial charge in [-0.1, -0.05) is 25.1 Å². The molecule has 1 aliphatic heterocycles. The molecule has 0 radical (unpaired) electrons. The SMILES string of the molecule is Cc1cc(C)c(C)c(OCC(=O)N[C@@H](C)c2ccc(N3CCC(C)CC3)cc2)c1. The number of hydrogen-bond donors (Lipinski definition) is 1. The topological polar surface area (TPSA) is 41.6 Å². The van der Waals surface area contributed by atoms with Gasteiger partial charge < -0.3 is 15.0 Å². The van der Waals surface area contributed by atoms with Crippen LogP contribution in [0.4, 0.5) is 5.69 Å². The Balaban J connectivity index is 1.53. The Morgan fingerprint density at radius 1 is 1.14 bits per heavy atom. The number of benzene rings is 2. The standard InChI is InChI=1S/C25H34N2O2/c1-17-10-12-27(13-11-17)23-8-6-22(7-9-23)21(5)26-25(28)16-29-24-15-18(2)14-19(3)20(24)4/h6-9,14-15,17,21H,10-13,16H2,1-5H3,(H,26,28)/t21-/m0/s1. The van der Waals surface area contributed by atoms with Crippen molar-refractivity contribution in [2.45, 2.75) is 53.5 Å². The van der Waals surface area contributed by atoms with Gasteiger partial charge in [0.15, 0.2) is 6.61 Å². The third-order valence-corrected chi connectivity index (χ3v) is 6.04. The zero-order valence-corrected chi connectivity index (χ0v) is 18.4. The second-order valence-corrected chi connectivity index (χ2v) is 8.54. The van der Waals surface area contributed by atoms with Crippen LogP contribution < -0.4 is 15.0 Å². The molecule has 4 nitrogen and oxygen atoms in total. The lowest BCUT2D eigenvalue weighted by molar-refractivity contribution is -0.123. The maximum atomic E-state index is 12.4. The average Bonchev–Trinajstić information content (AvgIpc) is 2.70. The highest BCUT2D eigenvalue weighted by Crippen LogP contribution is 2.25. The lowest BCUT2D eigenvalue weighted by Crippen LogP contribution is -2.33. The smallest absolute Gasteiger partial charge is 0.258 e. The Morgan fingerprint density at radius 3 is 2.45 bits per heavy atom. The van der Waals surface area contributed by atoms with Gasteiger partial charge in [-0.25, -0.2) is 0 Å². The van der Waals surface area contributed by atoms with Crippen molar-refractivity contribution in [2.24, 2.45) is 5.92 Å². The number of ether oxygens (including phenoxy) is 1. The molecule has 0 bridgehead atoms. The van der Waals surface area contributed by atoms with E-state index in [-0.39, 0.29) is 18.6 Å². The lowest BCUT2D eigenvalue weighted by atomic mass is 9.98. The fourth-order valence-corrected chi connectivity index (χ4v) is 3.90. The first-order chi connectivity index (χ1) is 13.8. The summed E-state index contributed by atoms with van der Waals surface area (Å²) in [7, 11) is 0. The number of nitrogens with one attached hydrogen (secondary N) is 1. The van der Waals surface area contributed by atoms with Gasteiger partial charge in [-0.3, -0.25) is 4.79 Å². The highest BCUT2D eigenvalue weighted by molar-refractivity contribution is 5.78. The number of carbonyl (C=O) groups excluding carboxylic acids is 1. The Labute approximate surface area is 175 Å². The van der Waals surface area contributed by atoms with E-state index in [1.807, 2.05) is 26.8 Å². The molecule has 156 valence electrons. The van der Waals surface area contributed by atoms with Crippen molar-refractivity contribution in [3.05, 3.63) is 58.7 Å². The molecule has 2 aromatic rings. The summed E-state index contributed by atoms with van der Waals surface area (Å²) >= 11 is 0. The molecule has 2 aromatic carbocycles. The van der Waals surface area contributed by atoms with Crippen molar-refractivity contribution in [3.8, 4) is 5.75 Å². The summed E-state index contributed by atoms with van der Waals surface area (Å²) in [5.41, 5.74) is 5.78. The van der Waals surface area contributed by atoms with Crippen LogP contribution in [0, 0.1) is 26.7 Å². The molecule has 1 heterocycles. The van der Waals surface area contributed by atoms with E-state index in [9.17, 15) is 4.79 Å². The number of carbonyl (C=O) groups is 1. The molecule has 1 saturated heterocycles. The fraction of sp³-hybridized carbons (Fsp3) is 0.480. The number of anilines is 1. The summed E-state index contributed by atoms with van der Waals surface area (Å²) in [4.78, 5) is 14.8. The van der Waals surface area contributed by atoms with Gasteiger partial charge in [0.05, 0.1) is 6.04 Å². The Hall–Kier alpha value is -2.49. The minimum Gasteiger partial charge on any atom is -0.483 e. The predicted octanol–water partition coefficient (Wildman–Crippen LogP) is 5.10. The molecule has 1 fully saturated rings. The molecule has 0 saturated carbocycles. The van der Waals surface area contributed by atoms with Crippen LogP contribution in [0.3, 0.4) is 0 Å². The van der Waals surface area contributed by atoms with Gasteiger partial charge in [-0.05, 0) is 86.9 Å². The van der Waals surface area contributed by atoms with E-state index in [4.69, 9.17) is 4.74 Å². The molecule has 0 spiro atoms. The van der Waals surface area contributed by atoms with Gasteiger partial charge in [-0.2, -0.15) is 0 Å². The van der Waals surface area contributed by atoms with E-state index in [0.29, 0.717) is 0 Å². The van der Waals surface area contributed by atoms with Crippen LogP contribution in [-0.4, -0.2) is 25.6 Å². The quantitative estimate of drug-likeness (QED) is 0.741. The van der Waals surface area contributed by atoms with Crippen molar-refractivity contribution in [2.75, 3.05) is 24.6 Å². The molecular formula is C25H34N2O2. The summed E-state index contributed by atoms with van der Waals surface area (Å²) in [6, 6.07) is 12.6. The van der Waals surface area contributed by atoms with Crippen molar-refractivity contribution >= 4 is 11.6 Å². The zero-order valence-electron chi connectivity index (χ0n) is 18.4. The Kier molecular flexibility index (Phi) is 6.83. The highest BCUT2D eigenvalue weighted by Gasteiger charge is 2.17.